The first kappa shape index (κ1) is 13.5. The highest BCUT2D eigenvalue weighted by Crippen LogP contribution is 2.43. The lowest BCUT2D eigenvalue weighted by molar-refractivity contribution is 0.469. The third-order valence-corrected chi connectivity index (χ3v) is 4.68. The van der Waals surface area contributed by atoms with Gasteiger partial charge in [-0.15, -0.1) is 0 Å². The van der Waals surface area contributed by atoms with Crippen LogP contribution in [-0.4, -0.2) is 6.54 Å². The molecule has 1 aromatic carbocycles. The molecule has 1 N–H and O–H groups in total. The molecule has 0 bridgehead atoms. The molecule has 100 valence electrons. The van der Waals surface area contributed by atoms with E-state index in [1.807, 2.05) is 0 Å². The Morgan fingerprint density at radius 3 is 2.56 bits per heavy atom. The normalized spacial score (nSPS) is 18.1. The van der Waals surface area contributed by atoms with Crippen molar-refractivity contribution >= 4 is 5.69 Å². The van der Waals surface area contributed by atoms with E-state index in [0.29, 0.717) is 5.41 Å². The van der Waals surface area contributed by atoms with Gasteiger partial charge in [0.25, 0.3) is 0 Å². The first-order chi connectivity index (χ1) is 8.28. The first-order valence-corrected chi connectivity index (χ1v) is 7.17. The lowest BCUT2D eigenvalue weighted by Crippen LogP contribution is -2.31. The summed E-state index contributed by atoms with van der Waals surface area (Å²) in [5.74, 6) is 0. The van der Waals surface area contributed by atoms with Gasteiger partial charge in [-0.05, 0) is 41.7 Å². The summed E-state index contributed by atoms with van der Waals surface area (Å²) >= 11 is 0. The van der Waals surface area contributed by atoms with Crippen LogP contribution in [0.15, 0.2) is 12.1 Å². The maximum atomic E-state index is 3.65. The number of rotatable bonds is 2. The van der Waals surface area contributed by atoms with E-state index in [1.165, 1.54) is 35.2 Å². The zero-order valence-electron chi connectivity index (χ0n) is 12.8. The van der Waals surface area contributed by atoms with Crippen LogP contribution >= 0.6 is 0 Å². The zero-order chi connectivity index (χ0) is 13.6. The van der Waals surface area contributed by atoms with E-state index < -0.39 is 0 Å². The Kier molecular flexibility index (Phi) is 3.21. The van der Waals surface area contributed by atoms with Crippen molar-refractivity contribution in [3.8, 4) is 0 Å². The van der Waals surface area contributed by atoms with Gasteiger partial charge in [-0.2, -0.15) is 0 Å². The topological polar surface area (TPSA) is 12.0 Å². The largest absolute Gasteiger partial charge is 0.385 e. The van der Waals surface area contributed by atoms with Crippen molar-refractivity contribution in [1.82, 2.24) is 0 Å². The fraction of sp³-hybridized carbons (Fsp3) is 0.647. The minimum Gasteiger partial charge on any atom is -0.385 e. The molecule has 0 unspecified atom stereocenters. The molecule has 1 aromatic rings. The fourth-order valence-electron chi connectivity index (χ4n) is 2.87. The van der Waals surface area contributed by atoms with E-state index in [2.05, 4.69) is 59.0 Å². The summed E-state index contributed by atoms with van der Waals surface area (Å²) in [6.45, 7) is 15.0. The van der Waals surface area contributed by atoms with Crippen molar-refractivity contribution in [3.05, 3.63) is 28.8 Å². The lowest BCUT2D eigenvalue weighted by Gasteiger charge is -2.38. The molecule has 1 aliphatic heterocycles. The van der Waals surface area contributed by atoms with Gasteiger partial charge >= 0.3 is 0 Å². The van der Waals surface area contributed by atoms with Crippen molar-refractivity contribution in [2.75, 3.05) is 11.9 Å². The number of fused-ring (bicyclic) bond motifs is 1. The van der Waals surface area contributed by atoms with Crippen molar-refractivity contribution in [3.63, 3.8) is 0 Å². The fourth-order valence-corrected chi connectivity index (χ4v) is 2.87. The van der Waals surface area contributed by atoms with E-state index >= 15 is 0 Å². The van der Waals surface area contributed by atoms with Crippen LogP contribution in [0.25, 0.3) is 0 Å². The molecule has 0 radical (unpaired) electrons. The van der Waals surface area contributed by atoms with Gasteiger partial charge in [0.15, 0.2) is 0 Å². The van der Waals surface area contributed by atoms with Gasteiger partial charge in [0.2, 0.25) is 0 Å². The molecule has 0 aliphatic carbocycles. The number of anilines is 1. The maximum Gasteiger partial charge on any atom is 0.0416 e. The van der Waals surface area contributed by atoms with Crippen molar-refractivity contribution < 1.29 is 0 Å². The van der Waals surface area contributed by atoms with Crippen molar-refractivity contribution in [1.29, 1.82) is 0 Å². The molecule has 0 spiro atoms. The standard InChI is InChI=1S/C17H27N/c1-7-16(3,4)13-10-12(2)11-14-15(13)18-9-8-17(14,5)6/h10-11,18H,7-9H2,1-6H3. The van der Waals surface area contributed by atoms with Crippen LogP contribution in [-0.2, 0) is 10.8 Å². The van der Waals surface area contributed by atoms with Gasteiger partial charge in [0, 0.05) is 12.2 Å². The third kappa shape index (κ3) is 2.15. The Morgan fingerprint density at radius 2 is 1.94 bits per heavy atom. The second kappa shape index (κ2) is 4.29. The highest BCUT2D eigenvalue weighted by molar-refractivity contribution is 5.65. The Labute approximate surface area is 112 Å². The van der Waals surface area contributed by atoms with Crippen LogP contribution in [0.5, 0.6) is 0 Å². The monoisotopic (exact) mass is 245 g/mol. The summed E-state index contributed by atoms with van der Waals surface area (Å²) in [4.78, 5) is 0. The van der Waals surface area contributed by atoms with Crippen LogP contribution in [0.2, 0.25) is 0 Å². The first-order valence-electron chi connectivity index (χ1n) is 7.17. The van der Waals surface area contributed by atoms with Gasteiger partial charge in [0.05, 0.1) is 0 Å². The smallest absolute Gasteiger partial charge is 0.0416 e. The van der Waals surface area contributed by atoms with Gasteiger partial charge in [-0.1, -0.05) is 52.3 Å². The minimum atomic E-state index is 0.247. The molecule has 0 amide bonds. The predicted molar refractivity (Wildman–Crippen MR) is 80.6 cm³/mol. The highest BCUT2D eigenvalue weighted by atomic mass is 14.9. The summed E-state index contributed by atoms with van der Waals surface area (Å²) in [6, 6.07) is 4.74. The van der Waals surface area contributed by atoms with Crippen LogP contribution in [0.1, 0.15) is 64.2 Å². The van der Waals surface area contributed by atoms with Gasteiger partial charge in [0.1, 0.15) is 0 Å². The highest BCUT2D eigenvalue weighted by Gasteiger charge is 2.32. The van der Waals surface area contributed by atoms with E-state index in [-0.39, 0.29) is 5.41 Å². The molecule has 0 aromatic heterocycles. The molecular weight excluding hydrogens is 218 g/mol. The quantitative estimate of drug-likeness (QED) is 0.791. The second-order valence-corrected chi connectivity index (χ2v) is 7.03. The number of aryl methyl sites for hydroxylation is 1. The summed E-state index contributed by atoms with van der Waals surface area (Å²) in [5.41, 5.74) is 6.34. The molecule has 2 rings (SSSR count). The van der Waals surface area contributed by atoms with Gasteiger partial charge in [-0.3, -0.25) is 0 Å². The SMILES string of the molecule is CCC(C)(C)c1cc(C)cc2c1NCCC2(C)C. The molecule has 0 atom stereocenters. The molecule has 1 aliphatic rings. The number of benzene rings is 1. The number of nitrogens with one attached hydrogen (secondary N) is 1. The molecular formula is C17H27N. The molecule has 1 nitrogen and oxygen atoms in total. The zero-order valence-corrected chi connectivity index (χ0v) is 12.8. The summed E-state index contributed by atoms with van der Waals surface area (Å²) < 4.78 is 0. The Bertz CT molecular complexity index is 455. The van der Waals surface area contributed by atoms with Crippen molar-refractivity contribution in [2.24, 2.45) is 0 Å². The second-order valence-electron chi connectivity index (χ2n) is 7.03. The molecule has 18 heavy (non-hydrogen) atoms. The van der Waals surface area contributed by atoms with E-state index in [1.54, 1.807) is 0 Å². The summed E-state index contributed by atoms with van der Waals surface area (Å²) in [7, 11) is 0. The lowest BCUT2D eigenvalue weighted by atomic mass is 9.72. The number of hydrogen-bond acceptors (Lipinski definition) is 1. The Morgan fingerprint density at radius 1 is 1.28 bits per heavy atom. The van der Waals surface area contributed by atoms with Gasteiger partial charge in [-0.25, -0.2) is 0 Å². The summed E-state index contributed by atoms with van der Waals surface area (Å²) in [6.07, 6.45) is 2.39. The molecule has 1 heterocycles. The van der Waals surface area contributed by atoms with Crippen LogP contribution < -0.4 is 5.32 Å². The minimum absolute atomic E-state index is 0.247. The molecule has 0 fully saturated rings. The van der Waals surface area contributed by atoms with Crippen molar-refractivity contribution in [2.45, 2.75) is 65.2 Å². The number of hydrogen-bond donors (Lipinski definition) is 1. The molecule has 1 heteroatoms. The summed E-state index contributed by atoms with van der Waals surface area (Å²) in [5, 5.41) is 3.65. The van der Waals surface area contributed by atoms with Crippen LogP contribution in [0.4, 0.5) is 5.69 Å². The molecule has 0 saturated carbocycles. The average molecular weight is 245 g/mol. The van der Waals surface area contributed by atoms with Crippen LogP contribution in [0.3, 0.4) is 0 Å². The van der Waals surface area contributed by atoms with Gasteiger partial charge < -0.3 is 5.32 Å². The van der Waals surface area contributed by atoms with E-state index in [9.17, 15) is 0 Å². The average Bonchev–Trinajstić information content (AvgIpc) is 2.29. The maximum absolute atomic E-state index is 3.65. The Hall–Kier alpha value is -0.980. The third-order valence-electron chi connectivity index (χ3n) is 4.68. The Balaban J connectivity index is 2.66. The molecule has 0 saturated heterocycles. The van der Waals surface area contributed by atoms with E-state index in [4.69, 9.17) is 0 Å². The predicted octanol–water partition coefficient (Wildman–Crippen LogP) is 4.78. The van der Waals surface area contributed by atoms with E-state index in [0.717, 1.165) is 6.54 Å². The van der Waals surface area contributed by atoms with Crippen LogP contribution in [0, 0.1) is 6.92 Å².